The molecule has 2 aromatic rings. The van der Waals surface area contributed by atoms with E-state index in [0.29, 0.717) is 5.56 Å². The molecule has 0 aliphatic rings. The number of esters is 1. The summed E-state index contributed by atoms with van der Waals surface area (Å²) in [7, 11) is -2.31. The number of methoxy groups -OCH3 is 1. The van der Waals surface area contributed by atoms with Gasteiger partial charge in [0.05, 0.1) is 11.5 Å². The molecule has 0 bridgehead atoms. The summed E-state index contributed by atoms with van der Waals surface area (Å²) in [6.45, 7) is 1.80. The number of carbonyl (C=O) groups excluding carboxylic acids is 2. The number of hydrogen-bond acceptors (Lipinski definition) is 6. The zero-order valence-electron chi connectivity index (χ0n) is 16.3. The molecule has 8 nitrogen and oxygen atoms in total. The number of aryl methyl sites for hydroxylation is 1. The molecule has 2 aromatic carbocycles. The standard InChI is InChI=1S/C20H24N2O6S/c1-15-8-9-17(29(25,26)22-10-11-27-2)12-18(15)20(24)21-13-19(23)28-14-16-6-4-3-5-7-16/h3-9,12,22H,10-11,13-14H2,1-2H3,(H,21,24). The van der Waals surface area contributed by atoms with Crippen LogP contribution in [0.5, 0.6) is 0 Å². The fourth-order valence-corrected chi connectivity index (χ4v) is 3.45. The summed E-state index contributed by atoms with van der Waals surface area (Å²) < 4.78 is 36.9. The fourth-order valence-electron chi connectivity index (χ4n) is 2.41. The van der Waals surface area contributed by atoms with Crippen LogP contribution in [0.2, 0.25) is 0 Å². The van der Waals surface area contributed by atoms with E-state index in [1.807, 2.05) is 30.3 Å². The van der Waals surface area contributed by atoms with Gasteiger partial charge in [-0.25, -0.2) is 13.1 Å². The summed E-state index contributed by atoms with van der Waals surface area (Å²) in [4.78, 5) is 24.2. The van der Waals surface area contributed by atoms with Crippen LogP contribution in [-0.4, -0.2) is 47.1 Å². The smallest absolute Gasteiger partial charge is 0.325 e. The maximum atomic E-state index is 12.4. The maximum absolute atomic E-state index is 12.4. The van der Waals surface area contributed by atoms with E-state index in [4.69, 9.17) is 9.47 Å². The van der Waals surface area contributed by atoms with Gasteiger partial charge in [-0.05, 0) is 30.2 Å². The minimum atomic E-state index is -3.78. The van der Waals surface area contributed by atoms with E-state index in [1.54, 1.807) is 6.92 Å². The Kier molecular flexibility index (Phi) is 8.32. The van der Waals surface area contributed by atoms with Crippen molar-refractivity contribution in [2.24, 2.45) is 0 Å². The molecule has 9 heteroatoms. The summed E-state index contributed by atoms with van der Waals surface area (Å²) in [5.74, 6) is -1.15. The summed E-state index contributed by atoms with van der Waals surface area (Å²) in [5.41, 5.74) is 1.58. The van der Waals surface area contributed by atoms with E-state index in [0.717, 1.165) is 5.56 Å². The van der Waals surface area contributed by atoms with Crippen molar-refractivity contribution in [3.63, 3.8) is 0 Å². The Labute approximate surface area is 170 Å². The van der Waals surface area contributed by atoms with E-state index >= 15 is 0 Å². The molecule has 0 saturated heterocycles. The molecule has 29 heavy (non-hydrogen) atoms. The maximum Gasteiger partial charge on any atom is 0.325 e. The van der Waals surface area contributed by atoms with Gasteiger partial charge < -0.3 is 14.8 Å². The van der Waals surface area contributed by atoms with Gasteiger partial charge in [-0.15, -0.1) is 0 Å². The molecule has 0 unspecified atom stereocenters. The number of rotatable bonds is 10. The Morgan fingerprint density at radius 2 is 1.79 bits per heavy atom. The molecule has 2 rings (SSSR count). The lowest BCUT2D eigenvalue weighted by molar-refractivity contribution is -0.143. The Hall–Kier alpha value is -2.75. The van der Waals surface area contributed by atoms with Gasteiger partial charge in [0.15, 0.2) is 0 Å². The quantitative estimate of drug-likeness (QED) is 0.444. The molecule has 0 heterocycles. The molecule has 0 aliphatic carbocycles. The van der Waals surface area contributed by atoms with Crippen LogP contribution in [-0.2, 0) is 30.9 Å². The molecule has 0 saturated carbocycles. The van der Waals surface area contributed by atoms with Gasteiger partial charge in [-0.3, -0.25) is 9.59 Å². The van der Waals surface area contributed by atoms with Gasteiger partial charge in [0, 0.05) is 19.2 Å². The molecule has 0 fully saturated rings. The third-order valence-electron chi connectivity index (χ3n) is 4.00. The molecular weight excluding hydrogens is 396 g/mol. The highest BCUT2D eigenvalue weighted by Gasteiger charge is 2.18. The predicted octanol–water partition coefficient (Wildman–Crippen LogP) is 1.39. The zero-order valence-corrected chi connectivity index (χ0v) is 17.1. The minimum absolute atomic E-state index is 0.0454. The van der Waals surface area contributed by atoms with Crippen LogP contribution >= 0.6 is 0 Å². The zero-order chi connectivity index (χ0) is 21.3. The van der Waals surface area contributed by atoms with Crippen molar-refractivity contribution in [1.29, 1.82) is 0 Å². The van der Waals surface area contributed by atoms with E-state index in [2.05, 4.69) is 10.0 Å². The average Bonchev–Trinajstić information content (AvgIpc) is 2.71. The summed E-state index contributed by atoms with van der Waals surface area (Å²) in [6.07, 6.45) is 0. The highest BCUT2D eigenvalue weighted by atomic mass is 32.2. The van der Waals surface area contributed by atoms with Gasteiger partial charge in [0.1, 0.15) is 13.2 Å². The monoisotopic (exact) mass is 420 g/mol. The minimum Gasteiger partial charge on any atom is -0.460 e. The van der Waals surface area contributed by atoms with Crippen LogP contribution in [0.15, 0.2) is 53.4 Å². The normalized spacial score (nSPS) is 11.1. The molecule has 0 atom stereocenters. The molecular formula is C20H24N2O6S. The Bertz CT molecular complexity index is 945. The second kappa shape index (κ2) is 10.7. The second-order valence-corrected chi connectivity index (χ2v) is 7.96. The first kappa shape index (κ1) is 22.5. The molecule has 156 valence electrons. The lowest BCUT2D eigenvalue weighted by Crippen LogP contribution is -2.31. The van der Waals surface area contributed by atoms with Gasteiger partial charge in [0.25, 0.3) is 5.91 Å². The van der Waals surface area contributed by atoms with Crippen molar-refractivity contribution in [2.75, 3.05) is 26.8 Å². The van der Waals surface area contributed by atoms with Crippen molar-refractivity contribution in [1.82, 2.24) is 10.0 Å². The third kappa shape index (κ3) is 6.97. The van der Waals surface area contributed by atoms with Crippen LogP contribution in [0.4, 0.5) is 0 Å². The number of nitrogens with one attached hydrogen (secondary N) is 2. The van der Waals surface area contributed by atoms with E-state index in [-0.39, 0.29) is 36.8 Å². The Balaban J connectivity index is 1.96. The molecule has 1 amide bonds. The van der Waals surface area contributed by atoms with Gasteiger partial charge in [0.2, 0.25) is 10.0 Å². The molecule has 2 N–H and O–H groups in total. The first-order chi connectivity index (χ1) is 13.8. The lowest BCUT2D eigenvalue weighted by Gasteiger charge is -2.11. The molecule has 0 spiro atoms. The largest absolute Gasteiger partial charge is 0.460 e. The van der Waals surface area contributed by atoms with Gasteiger partial charge in [-0.1, -0.05) is 36.4 Å². The van der Waals surface area contributed by atoms with Crippen LogP contribution in [0.25, 0.3) is 0 Å². The predicted molar refractivity (Wildman–Crippen MR) is 107 cm³/mol. The summed E-state index contributed by atoms with van der Waals surface area (Å²) in [5, 5.41) is 2.46. The summed E-state index contributed by atoms with van der Waals surface area (Å²) in [6, 6.07) is 13.4. The fraction of sp³-hybridized carbons (Fsp3) is 0.300. The average molecular weight is 420 g/mol. The SMILES string of the molecule is COCCNS(=O)(=O)c1ccc(C)c(C(=O)NCC(=O)OCc2ccccc2)c1. The number of sulfonamides is 1. The number of carbonyl (C=O) groups is 2. The number of hydrogen-bond donors (Lipinski definition) is 2. The van der Waals surface area contributed by atoms with E-state index in [9.17, 15) is 18.0 Å². The Morgan fingerprint density at radius 3 is 2.48 bits per heavy atom. The van der Waals surface area contributed by atoms with Crippen molar-refractivity contribution in [2.45, 2.75) is 18.4 Å². The van der Waals surface area contributed by atoms with Crippen molar-refractivity contribution in [3.05, 3.63) is 65.2 Å². The molecule has 0 aromatic heterocycles. The first-order valence-corrected chi connectivity index (χ1v) is 10.4. The van der Waals surface area contributed by atoms with Gasteiger partial charge >= 0.3 is 5.97 Å². The van der Waals surface area contributed by atoms with Crippen LogP contribution in [0.1, 0.15) is 21.5 Å². The van der Waals surface area contributed by atoms with Gasteiger partial charge in [-0.2, -0.15) is 0 Å². The second-order valence-electron chi connectivity index (χ2n) is 6.20. The molecule has 0 aliphatic heterocycles. The van der Waals surface area contributed by atoms with Crippen LogP contribution < -0.4 is 10.0 Å². The van der Waals surface area contributed by atoms with Crippen molar-refractivity contribution >= 4 is 21.9 Å². The lowest BCUT2D eigenvalue weighted by atomic mass is 10.1. The Morgan fingerprint density at radius 1 is 1.07 bits per heavy atom. The van der Waals surface area contributed by atoms with Crippen molar-refractivity contribution in [3.8, 4) is 0 Å². The first-order valence-electron chi connectivity index (χ1n) is 8.90. The van der Waals surface area contributed by atoms with Crippen LogP contribution in [0.3, 0.4) is 0 Å². The third-order valence-corrected chi connectivity index (χ3v) is 5.46. The molecule has 0 radical (unpaired) electrons. The van der Waals surface area contributed by atoms with E-state index in [1.165, 1.54) is 25.3 Å². The summed E-state index contributed by atoms with van der Waals surface area (Å²) >= 11 is 0. The number of ether oxygens (including phenoxy) is 2. The number of amides is 1. The van der Waals surface area contributed by atoms with Crippen molar-refractivity contribution < 1.29 is 27.5 Å². The van der Waals surface area contributed by atoms with Crippen LogP contribution in [0, 0.1) is 6.92 Å². The highest BCUT2D eigenvalue weighted by Crippen LogP contribution is 2.15. The number of benzene rings is 2. The van der Waals surface area contributed by atoms with E-state index < -0.39 is 21.9 Å². The topological polar surface area (TPSA) is 111 Å². The highest BCUT2D eigenvalue weighted by molar-refractivity contribution is 7.89.